The van der Waals surface area contributed by atoms with Crippen LogP contribution in [0.5, 0.6) is 0 Å². The number of halogens is 1. The zero-order valence-corrected chi connectivity index (χ0v) is 19.2. The Morgan fingerprint density at radius 3 is 2.52 bits per heavy atom. The number of likely N-dealkylation sites (tertiary alicyclic amines) is 1. The molecule has 1 aliphatic heterocycles. The van der Waals surface area contributed by atoms with E-state index in [0.717, 1.165) is 25.9 Å². The molecule has 1 N–H and O–H groups in total. The third kappa shape index (κ3) is 5.03. The van der Waals surface area contributed by atoms with Crippen LogP contribution in [0, 0.1) is 0 Å². The van der Waals surface area contributed by atoms with Crippen molar-refractivity contribution < 1.29 is 17.6 Å². The summed E-state index contributed by atoms with van der Waals surface area (Å²) in [7, 11) is -3.86. The molecule has 31 heavy (non-hydrogen) atoms. The summed E-state index contributed by atoms with van der Waals surface area (Å²) in [6.07, 6.45) is 3.54. The van der Waals surface area contributed by atoms with E-state index in [0.29, 0.717) is 11.6 Å². The smallest absolute Gasteiger partial charge is 0.287 e. The maximum atomic E-state index is 12.7. The molecule has 164 valence electrons. The van der Waals surface area contributed by atoms with Crippen molar-refractivity contribution in [3.8, 4) is 0 Å². The summed E-state index contributed by atoms with van der Waals surface area (Å²) in [5.74, 6) is -0.466. The number of nitrogens with zero attached hydrogens (tertiary/aromatic N) is 1. The number of carbonyl (C=O) groups excluding carboxylic acids is 1. The second-order valence-corrected chi connectivity index (χ2v) is 10.7. The van der Waals surface area contributed by atoms with Gasteiger partial charge in [0.15, 0.2) is 5.76 Å². The summed E-state index contributed by atoms with van der Waals surface area (Å²) >= 11 is 7.51. The van der Waals surface area contributed by atoms with Gasteiger partial charge in [-0.2, -0.15) is 0 Å². The largest absolute Gasteiger partial charge is 0.439 e. The number of hydrogen-bond acceptors (Lipinski definition) is 6. The quantitative estimate of drug-likeness (QED) is 0.528. The summed E-state index contributed by atoms with van der Waals surface area (Å²) in [6, 6.07) is 12.7. The van der Waals surface area contributed by atoms with Crippen LogP contribution < -0.4 is 5.32 Å². The Morgan fingerprint density at radius 1 is 1.10 bits per heavy atom. The fraction of sp³-hybridized carbons (Fsp3) is 0.318. The van der Waals surface area contributed by atoms with Crippen LogP contribution in [0.4, 0.5) is 0 Å². The van der Waals surface area contributed by atoms with E-state index in [1.807, 2.05) is 11.4 Å². The first-order chi connectivity index (χ1) is 14.9. The first kappa shape index (κ1) is 22.1. The van der Waals surface area contributed by atoms with E-state index in [9.17, 15) is 13.2 Å². The van der Waals surface area contributed by atoms with Gasteiger partial charge in [-0.05, 0) is 73.8 Å². The number of amides is 1. The molecule has 6 nitrogen and oxygen atoms in total. The molecule has 1 unspecified atom stereocenters. The van der Waals surface area contributed by atoms with Gasteiger partial charge in [-0.3, -0.25) is 9.69 Å². The minimum Gasteiger partial charge on any atom is -0.439 e. The van der Waals surface area contributed by atoms with Crippen molar-refractivity contribution in [2.45, 2.75) is 35.3 Å². The van der Waals surface area contributed by atoms with Gasteiger partial charge in [0.1, 0.15) is 0 Å². The maximum absolute atomic E-state index is 12.7. The first-order valence-electron chi connectivity index (χ1n) is 10.1. The lowest BCUT2D eigenvalue weighted by Gasteiger charge is -2.34. The van der Waals surface area contributed by atoms with Gasteiger partial charge in [0.2, 0.25) is 14.9 Å². The summed E-state index contributed by atoms with van der Waals surface area (Å²) in [5.41, 5.74) is 0. The summed E-state index contributed by atoms with van der Waals surface area (Å²) in [6.45, 7) is 2.44. The summed E-state index contributed by atoms with van der Waals surface area (Å²) < 4.78 is 30.9. The molecular formula is C22H23ClN2O4S2. The molecule has 0 saturated carbocycles. The zero-order chi connectivity index (χ0) is 21.8. The molecule has 3 aromatic rings. The lowest BCUT2D eigenvalue weighted by molar-refractivity contribution is 0.0893. The van der Waals surface area contributed by atoms with Crippen LogP contribution in [0.2, 0.25) is 5.02 Å². The van der Waals surface area contributed by atoms with Gasteiger partial charge in [-0.1, -0.05) is 24.1 Å². The molecule has 1 aliphatic rings. The standard InChI is InChI=1S/C22H23ClN2O4S2/c23-16-6-8-17(9-7-16)31(27,28)21-11-10-19(29-21)22(26)24-15-18(20-5-4-14-30-20)25-12-2-1-3-13-25/h4-11,14,18H,1-3,12-13,15H2,(H,24,26). The molecule has 0 spiro atoms. The molecule has 0 bridgehead atoms. The van der Waals surface area contributed by atoms with E-state index in [1.54, 1.807) is 11.3 Å². The molecule has 0 radical (unpaired) electrons. The van der Waals surface area contributed by atoms with Crippen LogP contribution in [-0.4, -0.2) is 38.9 Å². The molecule has 0 aliphatic carbocycles. The molecule has 1 amide bonds. The minimum atomic E-state index is -3.86. The molecule has 1 fully saturated rings. The van der Waals surface area contributed by atoms with Crippen molar-refractivity contribution >= 4 is 38.7 Å². The highest BCUT2D eigenvalue weighted by Crippen LogP contribution is 2.28. The Bertz CT molecular complexity index is 1120. The fourth-order valence-electron chi connectivity index (χ4n) is 3.71. The van der Waals surface area contributed by atoms with E-state index in [2.05, 4.69) is 16.3 Å². The monoisotopic (exact) mass is 478 g/mol. The SMILES string of the molecule is O=C(NCC(c1cccs1)N1CCCCC1)c1ccc(S(=O)(=O)c2ccc(Cl)cc2)o1. The summed E-state index contributed by atoms with van der Waals surface area (Å²) in [5, 5.41) is 5.12. The number of piperidine rings is 1. The van der Waals surface area contributed by atoms with Crippen LogP contribution in [-0.2, 0) is 9.84 Å². The van der Waals surface area contributed by atoms with Gasteiger partial charge in [0, 0.05) is 16.4 Å². The Kier molecular flexibility index (Phi) is 6.81. The second-order valence-electron chi connectivity index (χ2n) is 7.41. The molecular weight excluding hydrogens is 456 g/mol. The zero-order valence-electron chi connectivity index (χ0n) is 16.8. The highest BCUT2D eigenvalue weighted by atomic mass is 35.5. The average molecular weight is 479 g/mol. The predicted molar refractivity (Wildman–Crippen MR) is 120 cm³/mol. The third-order valence-corrected chi connectivity index (χ3v) is 8.22. The highest BCUT2D eigenvalue weighted by molar-refractivity contribution is 7.91. The Balaban J connectivity index is 1.46. The van der Waals surface area contributed by atoms with Crippen molar-refractivity contribution in [3.63, 3.8) is 0 Å². The number of benzene rings is 1. The van der Waals surface area contributed by atoms with Gasteiger partial charge in [0.25, 0.3) is 5.91 Å². The van der Waals surface area contributed by atoms with Gasteiger partial charge < -0.3 is 9.73 Å². The van der Waals surface area contributed by atoms with E-state index in [4.69, 9.17) is 16.0 Å². The maximum Gasteiger partial charge on any atom is 0.287 e. The second kappa shape index (κ2) is 9.56. The number of carbonyl (C=O) groups is 1. The number of nitrogens with one attached hydrogen (secondary N) is 1. The molecule has 2 aromatic heterocycles. The third-order valence-electron chi connectivity index (χ3n) is 5.35. The van der Waals surface area contributed by atoms with Gasteiger partial charge in [-0.15, -0.1) is 11.3 Å². The number of sulfone groups is 1. The van der Waals surface area contributed by atoms with E-state index < -0.39 is 15.7 Å². The Hall–Kier alpha value is -2.13. The molecule has 1 atom stereocenters. The summed E-state index contributed by atoms with van der Waals surface area (Å²) in [4.78, 5) is 16.3. The van der Waals surface area contributed by atoms with E-state index in [1.165, 1.54) is 47.7 Å². The number of thiophene rings is 1. The average Bonchev–Trinajstić information content (AvgIpc) is 3.48. The van der Waals surface area contributed by atoms with E-state index >= 15 is 0 Å². The normalized spacial score (nSPS) is 16.2. The first-order valence-corrected chi connectivity index (χ1v) is 12.9. The highest BCUT2D eigenvalue weighted by Gasteiger charge is 2.26. The number of hydrogen-bond donors (Lipinski definition) is 1. The lowest BCUT2D eigenvalue weighted by Crippen LogP contribution is -2.40. The van der Waals surface area contributed by atoms with Gasteiger partial charge >= 0.3 is 0 Å². The van der Waals surface area contributed by atoms with Crippen molar-refractivity contribution in [2.24, 2.45) is 0 Å². The van der Waals surface area contributed by atoms with Gasteiger partial charge in [-0.25, -0.2) is 8.42 Å². The molecule has 3 heterocycles. The molecule has 1 saturated heterocycles. The minimum absolute atomic E-state index is 0.0314. The van der Waals surface area contributed by atoms with E-state index in [-0.39, 0.29) is 21.8 Å². The molecule has 1 aromatic carbocycles. The van der Waals surface area contributed by atoms with Crippen molar-refractivity contribution in [2.75, 3.05) is 19.6 Å². The van der Waals surface area contributed by atoms with Crippen LogP contribution in [0.3, 0.4) is 0 Å². The predicted octanol–water partition coefficient (Wildman–Crippen LogP) is 4.78. The van der Waals surface area contributed by atoms with Crippen LogP contribution in [0.25, 0.3) is 0 Å². The van der Waals surface area contributed by atoms with Gasteiger partial charge in [0.05, 0.1) is 10.9 Å². The van der Waals surface area contributed by atoms with Crippen molar-refractivity contribution in [1.82, 2.24) is 10.2 Å². The van der Waals surface area contributed by atoms with Crippen LogP contribution in [0.15, 0.2) is 68.3 Å². The van der Waals surface area contributed by atoms with Crippen LogP contribution in [0.1, 0.15) is 40.7 Å². The van der Waals surface area contributed by atoms with Crippen molar-refractivity contribution in [3.05, 3.63) is 69.6 Å². The fourth-order valence-corrected chi connectivity index (χ4v) is 5.87. The Labute approximate surface area is 190 Å². The molecule has 4 rings (SSSR count). The van der Waals surface area contributed by atoms with Crippen molar-refractivity contribution in [1.29, 1.82) is 0 Å². The van der Waals surface area contributed by atoms with Crippen LogP contribution >= 0.6 is 22.9 Å². The lowest BCUT2D eigenvalue weighted by atomic mass is 10.1. The Morgan fingerprint density at radius 2 is 1.84 bits per heavy atom. The topological polar surface area (TPSA) is 79.6 Å². The molecule has 9 heteroatoms. The number of furan rings is 1. The number of rotatable bonds is 7.